The van der Waals surface area contributed by atoms with Crippen LogP contribution in [0.2, 0.25) is 0 Å². The Bertz CT molecular complexity index is 2690. The number of aliphatic hydroxyl groups is 3. The molecule has 0 saturated carbocycles. The molecule has 4 amide bonds. The molecule has 4 rings (SSSR count). The molecule has 2 fully saturated rings. The van der Waals surface area contributed by atoms with Crippen LogP contribution in [-0.2, 0) is 70.3 Å². The standard InChI is InChI=1S/C31H39F5N2O9.C25H33F5N2O6.2CH4/c1-7-15(2)11-12-21(45-16(3)39)27(46-17(4)40)28(47-18(5)41)29(44-6)30(42)37-20-10-8-9-13-38(31(20)43)14-19-22(32)24(34)26(36)25(35)23(19)33;1-4-12(2)8-9-15(33)21(34)22(35)23(38-3)24(36)31-14-7-5-6-10-32(25(14)37)11-13-16(26)18(28)20(30)19(29)17(13)27;;/h11-12,15,20-21,27-29H,7-10,13-14H2,1-6H3,(H,37,42);8-9,12,14-15,21-23,33-35H,4-7,10-11H2,1-3H3,(H,31,36);2*1H4/b12-11+;9-8+;;/t15?,20-,21+,27-,28+,29+;12?,14-,15+,21-,22+,23+;;/m00../s1. The zero-order valence-corrected chi connectivity index (χ0v) is 48.1. The lowest BCUT2D eigenvalue weighted by molar-refractivity contribution is -0.192. The maximum absolute atomic E-state index is 14.4. The summed E-state index contributed by atoms with van der Waals surface area (Å²) in [5, 5.41) is 35.7. The number of ether oxygens (including phenoxy) is 5. The maximum atomic E-state index is 14.4. The molecule has 29 heteroatoms. The van der Waals surface area contributed by atoms with Crippen molar-refractivity contribution in [3.05, 3.63) is 93.6 Å². The van der Waals surface area contributed by atoms with Gasteiger partial charge in [0.05, 0.1) is 13.1 Å². The predicted molar refractivity (Wildman–Crippen MR) is 292 cm³/mol. The van der Waals surface area contributed by atoms with E-state index in [1.54, 1.807) is 12.2 Å². The van der Waals surface area contributed by atoms with Gasteiger partial charge in [0.2, 0.25) is 23.4 Å². The highest BCUT2D eigenvalue weighted by Crippen LogP contribution is 2.29. The van der Waals surface area contributed by atoms with E-state index in [1.165, 1.54) is 12.2 Å². The molecule has 0 spiro atoms. The minimum Gasteiger partial charge on any atom is -0.455 e. The lowest BCUT2D eigenvalue weighted by atomic mass is 9.98. The maximum Gasteiger partial charge on any atom is 0.303 e. The van der Waals surface area contributed by atoms with Gasteiger partial charge in [0.25, 0.3) is 11.8 Å². The van der Waals surface area contributed by atoms with Crippen LogP contribution in [0.1, 0.15) is 126 Å². The molecule has 492 valence electrons. The molecule has 2 aliphatic heterocycles. The molecule has 2 heterocycles. The van der Waals surface area contributed by atoms with Crippen LogP contribution in [0.5, 0.6) is 0 Å². The Morgan fingerprint density at radius 1 is 0.517 bits per heavy atom. The molecule has 19 nitrogen and oxygen atoms in total. The van der Waals surface area contributed by atoms with Crippen molar-refractivity contribution in [2.45, 2.75) is 189 Å². The lowest BCUT2D eigenvalue weighted by Crippen LogP contribution is -2.58. The number of esters is 3. The molecule has 2 saturated heterocycles. The van der Waals surface area contributed by atoms with Crippen LogP contribution in [0.3, 0.4) is 0 Å². The van der Waals surface area contributed by atoms with Gasteiger partial charge in [0.15, 0.2) is 77.1 Å². The number of rotatable bonds is 25. The van der Waals surface area contributed by atoms with Crippen LogP contribution in [0.15, 0.2) is 24.3 Å². The Balaban J connectivity index is 0.000000868. The molecule has 2 aromatic rings. The largest absolute Gasteiger partial charge is 0.455 e. The Morgan fingerprint density at radius 3 is 1.22 bits per heavy atom. The van der Waals surface area contributed by atoms with Gasteiger partial charge in [-0.2, -0.15) is 0 Å². The molecule has 0 radical (unpaired) electrons. The summed E-state index contributed by atoms with van der Waals surface area (Å²) >= 11 is 0. The van der Waals surface area contributed by atoms with Crippen LogP contribution < -0.4 is 10.6 Å². The van der Waals surface area contributed by atoms with E-state index < -0.39 is 185 Å². The number of halogens is 10. The van der Waals surface area contributed by atoms with E-state index in [0.29, 0.717) is 25.7 Å². The molecule has 2 aromatic carbocycles. The summed E-state index contributed by atoms with van der Waals surface area (Å²) in [5.41, 5.74) is -2.41. The third-order valence-electron chi connectivity index (χ3n) is 13.9. The summed E-state index contributed by atoms with van der Waals surface area (Å²) in [5.74, 6) is -27.9. The molecular formula is C58H80F10N4O15. The normalized spacial score (nSPS) is 19.0. The molecule has 0 aromatic heterocycles. The van der Waals surface area contributed by atoms with Crippen LogP contribution in [0, 0.1) is 70.0 Å². The average molecular weight is 1260 g/mol. The zero-order valence-electron chi connectivity index (χ0n) is 48.1. The number of nitrogens with zero attached hydrogens (tertiary/aromatic N) is 2. The fraction of sp³-hybridized carbons (Fsp3) is 0.603. The number of aliphatic hydroxyl groups excluding tert-OH is 3. The van der Waals surface area contributed by atoms with Gasteiger partial charge in [0, 0.05) is 59.2 Å². The van der Waals surface area contributed by atoms with E-state index >= 15 is 0 Å². The fourth-order valence-electron chi connectivity index (χ4n) is 8.83. The van der Waals surface area contributed by atoms with Crippen molar-refractivity contribution in [1.29, 1.82) is 0 Å². The van der Waals surface area contributed by atoms with Crippen LogP contribution in [0.25, 0.3) is 0 Å². The second kappa shape index (κ2) is 36.6. The van der Waals surface area contributed by atoms with Gasteiger partial charge in [-0.25, -0.2) is 43.9 Å². The van der Waals surface area contributed by atoms with Gasteiger partial charge in [0.1, 0.15) is 30.4 Å². The number of methoxy groups -OCH3 is 2. The zero-order chi connectivity index (χ0) is 64.3. The number of allylic oxidation sites excluding steroid dienone is 2. The average Bonchev–Trinajstić information content (AvgIpc) is 3.30. The summed E-state index contributed by atoms with van der Waals surface area (Å²) in [6.07, 6.45) is -4.68. The first kappa shape index (κ1) is 78.3. The van der Waals surface area contributed by atoms with E-state index in [-0.39, 0.29) is 59.0 Å². The van der Waals surface area contributed by atoms with Gasteiger partial charge in [-0.05, 0) is 56.4 Å². The highest BCUT2D eigenvalue weighted by atomic mass is 19.2. The number of benzene rings is 2. The first-order chi connectivity index (χ1) is 39.9. The number of nitrogens with one attached hydrogen (secondary N) is 2. The lowest BCUT2D eigenvalue weighted by Gasteiger charge is -2.34. The van der Waals surface area contributed by atoms with Crippen molar-refractivity contribution < 1.29 is 116 Å². The number of carbonyl (C=O) groups is 7. The molecule has 2 aliphatic rings. The minimum atomic E-state index is -2.35. The molecular weight excluding hydrogens is 1180 g/mol. The van der Waals surface area contributed by atoms with Gasteiger partial charge in [-0.3, -0.25) is 33.6 Å². The molecule has 12 atom stereocenters. The summed E-state index contributed by atoms with van der Waals surface area (Å²) < 4.78 is 165. The molecule has 0 aliphatic carbocycles. The summed E-state index contributed by atoms with van der Waals surface area (Å²) in [6.45, 7) is 8.55. The van der Waals surface area contributed by atoms with E-state index in [2.05, 4.69) is 10.6 Å². The summed E-state index contributed by atoms with van der Waals surface area (Å²) in [7, 11) is 2.12. The summed E-state index contributed by atoms with van der Waals surface area (Å²) in [6, 6.07) is -2.65. The first-order valence-corrected chi connectivity index (χ1v) is 27.1. The second-order valence-electron chi connectivity index (χ2n) is 20.3. The minimum absolute atomic E-state index is 0. The Hall–Kier alpha value is -6.69. The van der Waals surface area contributed by atoms with Gasteiger partial charge in [-0.1, -0.05) is 73.6 Å². The van der Waals surface area contributed by atoms with Crippen molar-refractivity contribution in [2.75, 3.05) is 27.3 Å². The smallest absolute Gasteiger partial charge is 0.303 e. The highest BCUT2D eigenvalue weighted by molar-refractivity contribution is 5.91. The van der Waals surface area contributed by atoms with Crippen LogP contribution >= 0.6 is 0 Å². The van der Waals surface area contributed by atoms with E-state index in [4.69, 9.17) is 23.7 Å². The summed E-state index contributed by atoms with van der Waals surface area (Å²) in [4.78, 5) is 91.0. The molecule has 0 bridgehead atoms. The van der Waals surface area contributed by atoms with Crippen molar-refractivity contribution in [3.63, 3.8) is 0 Å². The van der Waals surface area contributed by atoms with Gasteiger partial charge in [-0.15, -0.1) is 0 Å². The van der Waals surface area contributed by atoms with Crippen molar-refractivity contribution >= 4 is 41.5 Å². The van der Waals surface area contributed by atoms with Gasteiger partial charge < -0.3 is 59.4 Å². The van der Waals surface area contributed by atoms with E-state index in [0.717, 1.165) is 51.2 Å². The third kappa shape index (κ3) is 21.3. The SMILES string of the molecule is C.C.CCC(C)/C=C/[C@@H](O)[C@H](O)[C@@H](O)[C@@H](OC)C(=O)N[C@H]1CCCCN(Cc2c(F)c(F)c(F)c(F)c2F)C1=O.CCC(C)/C=C/[C@@H](OC(C)=O)[C@H](OC(C)=O)[C@@H](OC(C)=O)[C@@H](OC)C(=O)N[C@H]1CCCCN(Cc2c(F)c(F)c(F)c(F)c2F)C1=O. The predicted octanol–water partition coefficient (Wildman–Crippen LogP) is 7.14. The molecule has 5 N–H and O–H groups in total. The number of carbonyl (C=O) groups excluding carboxylic acids is 7. The Kier molecular flexibility index (Phi) is 32.9. The molecule has 2 unspecified atom stereocenters. The van der Waals surface area contributed by atoms with E-state index in [9.17, 15) is 92.8 Å². The Morgan fingerprint density at radius 2 is 0.862 bits per heavy atom. The number of hydrogen-bond acceptors (Lipinski definition) is 15. The molecule has 87 heavy (non-hydrogen) atoms. The number of amides is 4. The van der Waals surface area contributed by atoms with E-state index in [1.807, 2.05) is 27.7 Å². The number of likely N-dealkylation sites (tertiary alicyclic amines) is 2. The topological polar surface area (TPSA) is 257 Å². The van der Waals surface area contributed by atoms with Crippen LogP contribution in [0.4, 0.5) is 43.9 Å². The highest BCUT2D eigenvalue weighted by Gasteiger charge is 2.46. The third-order valence-corrected chi connectivity index (χ3v) is 13.9. The van der Waals surface area contributed by atoms with Crippen molar-refractivity contribution in [2.24, 2.45) is 11.8 Å². The second-order valence-corrected chi connectivity index (χ2v) is 20.3. The van der Waals surface area contributed by atoms with Crippen molar-refractivity contribution in [3.8, 4) is 0 Å². The quantitative estimate of drug-likeness (QED) is 0.0165. The van der Waals surface area contributed by atoms with Crippen LogP contribution in [-0.4, -0.2) is 155 Å². The van der Waals surface area contributed by atoms with Crippen molar-refractivity contribution in [1.82, 2.24) is 20.4 Å². The number of hydrogen-bond donors (Lipinski definition) is 5. The fourth-order valence-corrected chi connectivity index (χ4v) is 8.83. The van der Waals surface area contributed by atoms with Gasteiger partial charge >= 0.3 is 17.9 Å². The Labute approximate surface area is 498 Å². The first-order valence-electron chi connectivity index (χ1n) is 27.1. The monoisotopic (exact) mass is 1260 g/mol.